The van der Waals surface area contributed by atoms with Crippen molar-refractivity contribution in [3.8, 4) is 0 Å². The topological polar surface area (TPSA) is 21.3 Å². The first-order valence-corrected chi connectivity index (χ1v) is 7.63. The Labute approximate surface area is 117 Å². The van der Waals surface area contributed by atoms with E-state index in [4.69, 9.17) is 4.74 Å². The van der Waals surface area contributed by atoms with Crippen LogP contribution in [-0.2, 0) is 11.3 Å². The van der Waals surface area contributed by atoms with Crippen LogP contribution in [0, 0.1) is 0 Å². The molecule has 2 rings (SSSR count). The van der Waals surface area contributed by atoms with Crippen LogP contribution < -0.4 is 5.32 Å². The number of hydrogen-bond donors (Lipinski definition) is 1. The lowest BCUT2D eigenvalue weighted by Gasteiger charge is -2.14. The highest BCUT2D eigenvalue weighted by molar-refractivity contribution is 5.25. The Morgan fingerprint density at radius 2 is 1.89 bits per heavy atom. The summed E-state index contributed by atoms with van der Waals surface area (Å²) in [6.45, 7) is 8.39. The van der Waals surface area contributed by atoms with Crippen molar-refractivity contribution in [3.05, 3.63) is 35.4 Å². The van der Waals surface area contributed by atoms with Crippen molar-refractivity contribution < 1.29 is 4.74 Å². The van der Waals surface area contributed by atoms with Crippen molar-refractivity contribution in [2.45, 2.75) is 64.7 Å². The lowest BCUT2D eigenvalue weighted by atomic mass is 10.00. The van der Waals surface area contributed by atoms with Crippen LogP contribution in [0.3, 0.4) is 0 Å². The summed E-state index contributed by atoms with van der Waals surface area (Å²) in [6, 6.07) is 9.69. The molecule has 1 aromatic carbocycles. The van der Waals surface area contributed by atoms with Crippen molar-refractivity contribution in [1.82, 2.24) is 5.32 Å². The molecule has 2 heteroatoms. The van der Waals surface area contributed by atoms with Crippen LogP contribution in [0.15, 0.2) is 24.3 Å². The maximum Gasteiger partial charge on any atom is 0.0720 e. The number of rotatable bonds is 8. The van der Waals surface area contributed by atoms with Crippen LogP contribution in [0.25, 0.3) is 0 Å². The summed E-state index contributed by atoms with van der Waals surface area (Å²) in [5.74, 6) is 0.588. The van der Waals surface area contributed by atoms with Gasteiger partial charge in [-0.05, 0) is 43.2 Å². The van der Waals surface area contributed by atoms with E-state index >= 15 is 0 Å². The zero-order valence-electron chi connectivity index (χ0n) is 12.5. The zero-order valence-corrected chi connectivity index (χ0v) is 12.5. The van der Waals surface area contributed by atoms with Gasteiger partial charge in [-0.25, -0.2) is 0 Å². The van der Waals surface area contributed by atoms with Gasteiger partial charge >= 0.3 is 0 Å². The van der Waals surface area contributed by atoms with Crippen molar-refractivity contribution in [2.75, 3.05) is 6.54 Å². The lowest BCUT2D eigenvalue weighted by Crippen LogP contribution is -2.22. The molecule has 1 saturated carbocycles. The quantitative estimate of drug-likeness (QED) is 0.767. The van der Waals surface area contributed by atoms with Gasteiger partial charge in [-0.3, -0.25) is 0 Å². The van der Waals surface area contributed by atoms with Gasteiger partial charge in [-0.15, -0.1) is 0 Å². The molecular formula is C17H27NO. The molecule has 1 aliphatic rings. The fraction of sp³-hybridized carbons (Fsp3) is 0.647. The van der Waals surface area contributed by atoms with Crippen LogP contribution in [0.1, 0.15) is 57.1 Å². The summed E-state index contributed by atoms with van der Waals surface area (Å²) in [5.41, 5.74) is 2.69. The molecule has 1 aromatic rings. The first kappa shape index (κ1) is 14.5. The first-order chi connectivity index (χ1) is 9.19. The predicted octanol–water partition coefficient (Wildman–Crippen LogP) is 3.86. The molecule has 1 N–H and O–H groups in total. The second-order valence-electron chi connectivity index (χ2n) is 5.86. The average molecular weight is 261 g/mol. The van der Waals surface area contributed by atoms with Gasteiger partial charge in [0.05, 0.1) is 12.7 Å². The Morgan fingerprint density at radius 3 is 2.47 bits per heavy atom. The third-order valence-corrected chi connectivity index (χ3v) is 3.95. The molecule has 0 amide bonds. The predicted molar refractivity (Wildman–Crippen MR) is 80.4 cm³/mol. The summed E-state index contributed by atoms with van der Waals surface area (Å²) in [4.78, 5) is 0. The maximum absolute atomic E-state index is 5.75. The summed E-state index contributed by atoms with van der Waals surface area (Å²) in [7, 11) is 0. The van der Waals surface area contributed by atoms with Gasteiger partial charge in [0.1, 0.15) is 0 Å². The molecule has 2 nitrogen and oxygen atoms in total. The van der Waals surface area contributed by atoms with E-state index in [9.17, 15) is 0 Å². The maximum atomic E-state index is 5.75. The molecule has 1 aliphatic carbocycles. The molecule has 0 bridgehead atoms. The molecule has 0 saturated heterocycles. The first-order valence-electron chi connectivity index (χ1n) is 7.63. The molecular weight excluding hydrogens is 234 g/mol. The third-order valence-electron chi connectivity index (χ3n) is 3.95. The van der Waals surface area contributed by atoms with Crippen LogP contribution in [0.5, 0.6) is 0 Å². The van der Waals surface area contributed by atoms with Crippen molar-refractivity contribution >= 4 is 0 Å². The molecule has 0 radical (unpaired) electrons. The van der Waals surface area contributed by atoms with Gasteiger partial charge < -0.3 is 10.1 Å². The summed E-state index contributed by atoms with van der Waals surface area (Å²) in [5, 5.41) is 3.59. The van der Waals surface area contributed by atoms with Crippen LogP contribution in [0.2, 0.25) is 0 Å². The molecule has 0 aromatic heterocycles. The summed E-state index contributed by atoms with van der Waals surface area (Å²) in [6.07, 6.45) is 4.14. The standard InChI is InChI=1S/C17H27NO/c1-4-14(3)19-12-15-5-7-16(8-6-15)13(2)11-18-17-9-10-17/h5-8,13-14,17-18H,4,9-12H2,1-3H3. The second-order valence-corrected chi connectivity index (χ2v) is 5.86. The van der Waals surface area contributed by atoms with Gasteiger partial charge in [-0.1, -0.05) is 38.1 Å². The van der Waals surface area contributed by atoms with E-state index in [1.807, 2.05) is 0 Å². The van der Waals surface area contributed by atoms with Crippen LogP contribution in [-0.4, -0.2) is 18.7 Å². The fourth-order valence-electron chi connectivity index (χ4n) is 2.05. The van der Waals surface area contributed by atoms with Crippen molar-refractivity contribution in [1.29, 1.82) is 0 Å². The van der Waals surface area contributed by atoms with E-state index in [1.54, 1.807) is 0 Å². The third kappa shape index (κ3) is 4.96. The largest absolute Gasteiger partial charge is 0.374 e. The monoisotopic (exact) mass is 261 g/mol. The van der Waals surface area contributed by atoms with E-state index in [2.05, 4.69) is 50.4 Å². The van der Waals surface area contributed by atoms with Crippen LogP contribution in [0.4, 0.5) is 0 Å². The number of nitrogens with one attached hydrogen (secondary N) is 1. The highest BCUT2D eigenvalue weighted by atomic mass is 16.5. The molecule has 106 valence electrons. The number of hydrogen-bond acceptors (Lipinski definition) is 2. The van der Waals surface area contributed by atoms with Gasteiger partial charge in [-0.2, -0.15) is 0 Å². The molecule has 1 fully saturated rings. The minimum atomic E-state index is 0.348. The number of ether oxygens (including phenoxy) is 1. The minimum absolute atomic E-state index is 0.348. The van der Waals surface area contributed by atoms with Gasteiger partial charge in [0.25, 0.3) is 0 Å². The van der Waals surface area contributed by atoms with Crippen LogP contribution >= 0.6 is 0 Å². The highest BCUT2D eigenvalue weighted by Gasteiger charge is 2.21. The van der Waals surface area contributed by atoms with E-state index in [-0.39, 0.29) is 0 Å². The molecule has 0 heterocycles. The van der Waals surface area contributed by atoms with Gasteiger partial charge in [0.2, 0.25) is 0 Å². The lowest BCUT2D eigenvalue weighted by molar-refractivity contribution is 0.0508. The van der Waals surface area contributed by atoms with E-state index < -0.39 is 0 Å². The van der Waals surface area contributed by atoms with Crippen molar-refractivity contribution in [2.24, 2.45) is 0 Å². The molecule has 0 spiro atoms. The molecule has 19 heavy (non-hydrogen) atoms. The highest BCUT2D eigenvalue weighted by Crippen LogP contribution is 2.21. The summed E-state index contributed by atoms with van der Waals surface area (Å²) >= 11 is 0. The Kier molecular flexibility index (Phi) is 5.41. The second kappa shape index (κ2) is 7.06. The van der Waals surface area contributed by atoms with E-state index in [0.717, 1.165) is 25.6 Å². The zero-order chi connectivity index (χ0) is 13.7. The van der Waals surface area contributed by atoms with E-state index in [1.165, 1.54) is 24.0 Å². The van der Waals surface area contributed by atoms with Crippen molar-refractivity contribution in [3.63, 3.8) is 0 Å². The van der Waals surface area contributed by atoms with E-state index in [0.29, 0.717) is 12.0 Å². The normalized spacial score (nSPS) is 18.3. The Balaban J connectivity index is 1.79. The summed E-state index contributed by atoms with van der Waals surface area (Å²) < 4.78 is 5.75. The fourth-order valence-corrected chi connectivity index (χ4v) is 2.05. The van der Waals surface area contributed by atoms with Gasteiger partial charge in [0, 0.05) is 12.6 Å². The molecule has 2 atom stereocenters. The number of benzene rings is 1. The Hall–Kier alpha value is -0.860. The SMILES string of the molecule is CCC(C)OCc1ccc(C(C)CNC2CC2)cc1. The van der Waals surface area contributed by atoms with Gasteiger partial charge in [0.15, 0.2) is 0 Å². The smallest absolute Gasteiger partial charge is 0.0720 e. The Bertz CT molecular complexity index is 369. The average Bonchev–Trinajstić information content (AvgIpc) is 3.27. The molecule has 0 aliphatic heterocycles. The molecule has 2 unspecified atom stereocenters. The minimum Gasteiger partial charge on any atom is -0.374 e. The Morgan fingerprint density at radius 1 is 1.21 bits per heavy atom.